The highest BCUT2D eigenvalue weighted by atomic mass is 16.4. The Morgan fingerprint density at radius 1 is 1.90 bits per heavy atom. The van der Waals surface area contributed by atoms with Crippen molar-refractivity contribution in [1.82, 2.24) is 10.2 Å². The number of H-pyrrole nitrogens is 1. The molecule has 0 saturated heterocycles. The van der Waals surface area contributed by atoms with E-state index in [9.17, 15) is 9.90 Å². The normalized spacial score (nSPS) is 9.30. The Balaban J connectivity index is 2.67. The lowest BCUT2D eigenvalue weighted by atomic mass is 10.5. The quantitative estimate of drug-likeness (QED) is 0.550. The van der Waals surface area contributed by atoms with Crippen LogP contribution in [0.5, 0.6) is 0 Å². The van der Waals surface area contributed by atoms with Gasteiger partial charge in [0.05, 0.1) is 0 Å². The average molecular weight is 140 g/mol. The van der Waals surface area contributed by atoms with Gasteiger partial charge in [-0.3, -0.25) is 5.10 Å². The van der Waals surface area contributed by atoms with Gasteiger partial charge in [-0.2, -0.15) is 5.10 Å². The first-order valence-corrected chi connectivity index (χ1v) is 2.68. The summed E-state index contributed by atoms with van der Waals surface area (Å²) >= 11 is 0. The largest absolute Gasteiger partial charge is 0.530 e. The SMILES string of the molecule is Cc1cc(NC(=O)[O-])n[nH]1. The van der Waals surface area contributed by atoms with Gasteiger partial charge in [0, 0.05) is 11.8 Å². The summed E-state index contributed by atoms with van der Waals surface area (Å²) in [6.45, 7) is 1.77. The number of hydrogen-bond acceptors (Lipinski definition) is 3. The van der Waals surface area contributed by atoms with Crippen molar-refractivity contribution < 1.29 is 9.90 Å². The number of carbonyl (C=O) groups excluding carboxylic acids is 1. The molecule has 1 rings (SSSR count). The lowest BCUT2D eigenvalue weighted by molar-refractivity contribution is -0.242. The summed E-state index contributed by atoms with van der Waals surface area (Å²) < 4.78 is 0. The van der Waals surface area contributed by atoms with E-state index in [4.69, 9.17) is 0 Å². The Kier molecular flexibility index (Phi) is 1.57. The first kappa shape index (κ1) is 6.60. The second kappa shape index (κ2) is 2.38. The smallest absolute Gasteiger partial charge is 0.153 e. The van der Waals surface area contributed by atoms with Crippen LogP contribution < -0.4 is 10.4 Å². The minimum atomic E-state index is -1.36. The summed E-state index contributed by atoms with van der Waals surface area (Å²) in [5, 5.41) is 18.1. The predicted octanol–water partition coefficient (Wildman–Crippen LogP) is -0.527. The van der Waals surface area contributed by atoms with E-state index in [-0.39, 0.29) is 5.82 Å². The van der Waals surface area contributed by atoms with Crippen molar-refractivity contribution in [3.63, 3.8) is 0 Å². The number of aromatic nitrogens is 2. The fraction of sp³-hybridized carbons (Fsp3) is 0.200. The highest BCUT2D eigenvalue weighted by Crippen LogP contribution is 2.01. The second-order valence-electron chi connectivity index (χ2n) is 1.85. The topological polar surface area (TPSA) is 80.8 Å². The minimum absolute atomic E-state index is 0.262. The van der Waals surface area contributed by atoms with Crippen LogP contribution in [0.25, 0.3) is 0 Å². The standard InChI is InChI=1S/C5H7N3O2/c1-3-2-4(8-7-3)6-5(9)10/h2H,1H3,(H,9,10)(H2,6,7,8)/p-1. The first-order chi connectivity index (χ1) is 4.68. The Labute approximate surface area is 57.1 Å². The fourth-order valence-electron chi connectivity index (χ4n) is 0.587. The number of nitrogens with zero attached hydrogens (tertiary/aromatic N) is 1. The van der Waals surface area contributed by atoms with E-state index in [2.05, 4.69) is 10.2 Å². The molecule has 2 N–H and O–H groups in total. The van der Waals surface area contributed by atoms with E-state index >= 15 is 0 Å². The number of hydrogen-bond donors (Lipinski definition) is 2. The summed E-state index contributed by atoms with van der Waals surface area (Å²) in [5.74, 6) is 0.262. The molecule has 1 aromatic rings. The van der Waals surface area contributed by atoms with Gasteiger partial charge in [0.1, 0.15) is 6.09 Å². The van der Waals surface area contributed by atoms with Gasteiger partial charge in [0.15, 0.2) is 5.82 Å². The molecule has 1 aromatic heterocycles. The number of carbonyl (C=O) groups is 1. The number of aromatic amines is 1. The molecular formula is C5H6N3O2-. The molecule has 0 fully saturated rings. The molecule has 1 heterocycles. The van der Waals surface area contributed by atoms with E-state index in [0.717, 1.165) is 5.69 Å². The summed E-state index contributed by atoms with van der Waals surface area (Å²) in [6.07, 6.45) is -1.36. The zero-order valence-corrected chi connectivity index (χ0v) is 5.34. The Bertz CT molecular complexity index is 243. The van der Waals surface area contributed by atoms with Crippen molar-refractivity contribution in [3.05, 3.63) is 11.8 Å². The van der Waals surface area contributed by atoms with Gasteiger partial charge in [-0.05, 0) is 6.92 Å². The maximum atomic E-state index is 9.90. The number of aryl methyl sites for hydroxylation is 1. The number of rotatable bonds is 1. The van der Waals surface area contributed by atoms with Crippen LogP contribution in [0.15, 0.2) is 6.07 Å². The van der Waals surface area contributed by atoms with Gasteiger partial charge in [0.25, 0.3) is 0 Å². The molecule has 0 atom stereocenters. The predicted molar refractivity (Wildman–Crippen MR) is 32.3 cm³/mol. The molecular weight excluding hydrogens is 134 g/mol. The van der Waals surface area contributed by atoms with Crippen LogP contribution in [0.3, 0.4) is 0 Å². The highest BCUT2D eigenvalue weighted by Gasteiger charge is 1.93. The zero-order chi connectivity index (χ0) is 7.56. The average Bonchev–Trinajstić information content (AvgIpc) is 2.13. The van der Waals surface area contributed by atoms with Crippen molar-refractivity contribution in [3.8, 4) is 0 Å². The zero-order valence-electron chi connectivity index (χ0n) is 5.34. The Morgan fingerprint density at radius 3 is 3.00 bits per heavy atom. The summed E-state index contributed by atoms with van der Waals surface area (Å²) in [4.78, 5) is 9.90. The highest BCUT2D eigenvalue weighted by molar-refractivity contribution is 5.79. The maximum absolute atomic E-state index is 9.90. The van der Waals surface area contributed by atoms with Crippen LogP contribution in [0.1, 0.15) is 5.69 Å². The monoisotopic (exact) mass is 140 g/mol. The molecule has 0 aliphatic heterocycles. The van der Waals surface area contributed by atoms with Crippen molar-refractivity contribution in [2.45, 2.75) is 6.92 Å². The lowest BCUT2D eigenvalue weighted by Gasteiger charge is -1.99. The Hall–Kier alpha value is -1.52. The van der Waals surface area contributed by atoms with E-state index in [0.29, 0.717) is 0 Å². The molecule has 0 saturated carbocycles. The lowest BCUT2D eigenvalue weighted by Crippen LogP contribution is -2.28. The third-order valence-corrected chi connectivity index (χ3v) is 0.936. The van der Waals surface area contributed by atoms with Gasteiger partial charge in [-0.25, -0.2) is 0 Å². The van der Waals surface area contributed by atoms with Crippen LogP contribution in [0.4, 0.5) is 10.6 Å². The number of amides is 1. The van der Waals surface area contributed by atoms with Crippen LogP contribution in [0, 0.1) is 6.92 Å². The maximum Gasteiger partial charge on any atom is 0.153 e. The van der Waals surface area contributed by atoms with Crippen LogP contribution in [0.2, 0.25) is 0 Å². The van der Waals surface area contributed by atoms with Crippen LogP contribution >= 0.6 is 0 Å². The van der Waals surface area contributed by atoms with Crippen molar-refractivity contribution in [2.24, 2.45) is 0 Å². The van der Waals surface area contributed by atoms with Crippen molar-refractivity contribution in [2.75, 3.05) is 5.32 Å². The molecule has 5 nitrogen and oxygen atoms in total. The molecule has 10 heavy (non-hydrogen) atoms. The molecule has 0 aliphatic rings. The number of carboxylic acid groups (broad SMARTS) is 1. The third kappa shape index (κ3) is 1.48. The van der Waals surface area contributed by atoms with Gasteiger partial charge in [-0.1, -0.05) is 0 Å². The van der Waals surface area contributed by atoms with Crippen molar-refractivity contribution in [1.29, 1.82) is 0 Å². The summed E-state index contributed by atoms with van der Waals surface area (Å²) in [6, 6.07) is 1.57. The van der Waals surface area contributed by atoms with Gasteiger partial charge >= 0.3 is 0 Å². The van der Waals surface area contributed by atoms with Gasteiger partial charge in [-0.15, -0.1) is 0 Å². The molecule has 0 radical (unpaired) electrons. The van der Waals surface area contributed by atoms with E-state index < -0.39 is 6.09 Å². The molecule has 0 aliphatic carbocycles. The minimum Gasteiger partial charge on any atom is -0.530 e. The Morgan fingerprint density at radius 2 is 2.60 bits per heavy atom. The molecule has 5 heteroatoms. The summed E-state index contributed by atoms with van der Waals surface area (Å²) in [7, 11) is 0. The first-order valence-electron chi connectivity index (χ1n) is 2.68. The number of nitrogens with one attached hydrogen (secondary N) is 2. The second-order valence-corrected chi connectivity index (χ2v) is 1.85. The van der Waals surface area contributed by atoms with Gasteiger partial charge in [0.2, 0.25) is 0 Å². The fourth-order valence-corrected chi connectivity index (χ4v) is 0.587. The number of anilines is 1. The van der Waals surface area contributed by atoms with E-state index in [1.165, 1.54) is 0 Å². The van der Waals surface area contributed by atoms with Crippen LogP contribution in [-0.4, -0.2) is 16.3 Å². The van der Waals surface area contributed by atoms with Gasteiger partial charge < -0.3 is 15.2 Å². The summed E-state index contributed by atoms with van der Waals surface area (Å²) in [5.41, 5.74) is 0.795. The van der Waals surface area contributed by atoms with Crippen molar-refractivity contribution >= 4 is 11.9 Å². The van der Waals surface area contributed by atoms with E-state index in [1.807, 2.05) is 5.32 Å². The molecule has 0 bridgehead atoms. The molecule has 1 amide bonds. The van der Waals surface area contributed by atoms with E-state index in [1.54, 1.807) is 13.0 Å². The molecule has 0 aromatic carbocycles. The molecule has 0 spiro atoms. The third-order valence-electron chi connectivity index (χ3n) is 0.936. The molecule has 54 valence electrons. The molecule has 0 unspecified atom stereocenters. The van der Waals surface area contributed by atoms with Crippen LogP contribution in [-0.2, 0) is 0 Å².